The molecule has 0 atom stereocenters. The van der Waals surface area contributed by atoms with E-state index >= 15 is 0 Å². The van der Waals surface area contributed by atoms with Gasteiger partial charge >= 0.3 is 0 Å². The SMILES string of the molecule is O=C(C1CCCCCC1)N(Cc1ccc2c(c1)OCO2)Cc1ccccn1. The summed E-state index contributed by atoms with van der Waals surface area (Å²) < 4.78 is 10.9. The Morgan fingerprint density at radius 2 is 1.81 bits per heavy atom. The van der Waals surface area contributed by atoms with Crippen LogP contribution in [0.15, 0.2) is 42.6 Å². The molecule has 0 saturated heterocycles. The Labute approximate surface area is 160 Å². The number of amides is 1. The van der Waals surface area contributed by atoms with Gasteiger partial charge in [-0.2, -0.15) is 0 Å². The average molecular weight is 366 g/mol. The minimum absolute atomic E-state index is 0.130. The standard InChI is InChI=1S/C22H26N2O3/c25-22(18-7-3-1-2-4-8-18)24(15-19-9-5-6-12-23-19)14-17-10-11-20-21(13-17)27-16-26-20/h5-6,9-13,18H,1-4,7-8,14-16H2. The molecule has 0 N–H and O–H groups in total. The van der Waals surface area contributed by atoms with Gasteiger partial charge in [0.25, 0.3) is 0 Å². The van der Waals surface area contributed by atoms with Crippen LogP contribution in [0.25, 0.3) is 0 Å². The van der Waals surface area contributed by atoms with Crippen molar-refractivity contribution in [1.29, 1.82) is 0 Å². The number of benzene rings is 1. The van der Waals surface area contributed by atoms with E-state index in [4.69, 9.17) is 9.47 Å². The molecule has 0 bridgehead atoms. The third-order valence-electron chi connectivity index (χ3n) is 5.41. The van der Waals surface area contributed by atoms with Crippen LogP contribution in [0.4, 0.5) is 0 Å². The largest absolute Gasteiger partial charge is 0.454 e. The lowest BCUT2D eigenvalue weighted by molar-refractivity contribution is -0.137. The average Bonchev–Trinajstić information content (AvgIpc) is 2.99. The summed E-state index contributed by atoms with van der Waals surface area (Å²) in [6.45, 7) is 1.35. The molecule has 5 nitrogen and oxygen atoms in total. The first-order chi connectivity index (χ1) is 13.3. The van der Waals surface area contributed by atoms with Gasteiger partial charge in [-0.25, -0.2) is 0 Å². The van der Waals surface area contributed by atoms with Crippen molar-refractivity contribution in [2.45, 2.75) is 51.6 Å². The van der Waals surface area contributed by atoms with Crippen molar-refractivity contribution in [3.05, 3.63) is 53.9 Å². The van der Waals surface area contributed by atoms with Gasteiger partial charge in [0, 0.05) is 18.7 Å². The molecule has 2 aromatic rings. The molecule has 1 aliphatic carbocycles. The van der Waals surface area contributed by atoms with Crippen molar-refractivity contribution < 1.29 is 14.3 Å². The van der Waals surface area contributed by atoms with Crippen LogP contribution in [-0.2, 0) is 17.9 Å². The van der Waals surface area contributed by atoms with Gasteiger partial charge < -0.3 is 14.4 Å². The number of pyridine rings is 1. The van der Waals surface area contributed by atoms with Crippen molar-refractivity contribution in [3.8, 4) is 11.5 Å². The van der Waals surface area contributed by atoms with Crippen molar-refractivity contribution in [1.82, 2.24) is 9.88 Å². The maximum atomic E-state index is 13.3. The monoisotopic (exact) mass is 366 g/mol. The van der Waals surface area contributed by atoms with Gasteiger partial charge in [-0.1, -0.05) is 37.8 Å². The number of carbonyl (C=O) groups is 1. The topological polar surface area (TPSA) is 51.7 Å². The summed E-state index contributed by atoms with van der Waals surface area (Å²) in [7, 11) is 0. The van der Waals surface area contributed by atoms with Crippen LogP contribution >= 0.6 is 0 Å². The van der Waals surface area contributed by atoms with Gasteiger partial charge in [-0.15, -0.1) is 0 Å². The summed E-state index contributed by atoms with van der Waals surface area (Å²) in [6.07, 6.45) is 8.57. The van der Waals surface area contributed by atoms with E-state index in [1.54, 1.807) is 6.20 Å². The van der Waals surface area contributed by atoms with E-state index in [1.165, 1.54) is 12.8 Å². The van der Waals surface area contributed by atoms with Crippen LogP contribution < -0.4 is 9.47 Å². The number of hydrogen-bond donors (Lipinski definition) is 0. The molecule has 0 unspecified atom stereocenters. The number of rotatable bonds is 5. The van der Waals surface area contributed by atoms with Crippen LogP contribution in [0.5, 0.6) is 11.5 Å². The Morgan fingerprint density at radius 1 is 1.00 bits per heavy atom. The summed E-state index contributed by atoms with van der Waals surface area (Å²) >= 11 is 0. The third-order valence-corrected chi connectivity index (χ3v) is 5.41. The van der Waals surface area contributed by atoms with Crippen LogP contribution in [0.2, 0.25) is 0 Å². The van der Waals surface area contributed by atoms with Gasteiger partial charge in [0.15, 0.2) is 11.5 Å². The van der Waals surface area contributed by atoms with Crippen molar-refractivity contribution in [3.63, 3.8) is 0 Å². The van der Waals surface area contributed by atoms with Crippen LogP contribution in [0.1, 0.15) is 49.8 Å². The highest BCUT2D eigenvalue weighted by molar-refractivity contribution is 5.78. The zero-order chi connectivity index (χ0) is 18.5. The lowest BCUT2D eigenvalue weighted by Crippen LogP contribution is -2.35. The van der Waals surface area contributed by atoms with Gasteiger partial charge in [0.1, 0.15) is 0 Å². The minimum Gasteiger partial charge on any atom is -0.454 e. The lowest BCUT2D eigenvalue weighted by Gasteiger charge is -2.27. The molecule has 2 heterocycles. The summed E-state index contributed by atoms with van der Waals surface area (Å²) in [5.41, 5.74) is 1.97. The fraction of sp³-hybridized carbons (Fsp3) is 0.455. The summed E-state index contributed by atoms with van der Waals surface area (Å²) in [5.74, 6) is 1.91. The Hall–Kier alpha value is -2.56. The fourth-order valence-electron chi connectivity index (χ4n) is 3.94. The van der Waals surface area contributed by atoms with Crippen LogP contribution in [-0.4, -0.2) is 22.6 Å². The van der Waals surface area contributed by atoms with Crippen molar-refractivity contribution in [2.75, 3.05) is 6.79 Å². The Balaban J connectivity index is 1.54. The zero-order valence-corrected chi connectivity index (χ0v) is 15.6. The number of fused-ring (bicyclic) bond motifs is 1. The lowest BCUT2D eigenvalue weighted by atomic mass is 9.98. The van der Waals surface area contributed by atoms with Crippen molar-refractivity contribution >= 4 is 5.91 Å². The summed E-state index contributed by atoms with van der Waals surface area (Å²) in [4.78, 5) is 19.7. The third kappa shape index (κ3) is 4.41. The Bertz CT molecular complexity index is 770. The zero-order valence-electron chi connectivity index (χ0n) is 15.6. The number of aromatic nitrogens is 1. The molecule has 1 aromatic heterocycles. The van der Waals surface area contributed by atoms with Crippen molar-refractivity contribution in [2.24, 2.45) is 5.92 Å². The molecule has 1 saturated carbocycles. The van der Waals surface area contributed by atoms with Gasteiger partial charge in [-0.3, -0.25) is 9.78 Å². The Kier molecular flexibility index (Phi) is 5.56. The second kappa shape index (κ2) is 8.42. The van der Waals surface area contributed by atoms with E-state index in [-0.39, 0.29) is 18.6 Å². The number of ether oxygens (including phenoxy) is 2. The Morgan fingerprint density at radius 3 is 2.59 bits per heavy atom. The van der Waals surface area contributed by atoms with Crippen LogP contribution in [0, 0.1) is 5.92 Å². The molecule has 1 aromatic carbocycles. The quantitative estimate of drug-likeness (QED) is 0.740. The smallest absolute Gasteiger partial charge is 0.231 e. The highest BCUT2D eigenvalue weighted by Crippen LogP contribution is 2.33. The molecule has 142 valence electrons. The van der Waals surface area contributed by atoms with E-state index in [0.717, 1.165) is 48.4 Å². The molecule has 1 aliphatic heterocycles. The molecular formula is C22H26N2O3. The summed E-state index contributed by atoms with van der Waals surface area (Å²) in [5, 5.41) is 0. The molecule has 5 heteroatoms. The minimum atomic E-state index is 0.130. The maximum Gasteiger partial charge on any atom is 0.231 e. The van der Waals surface area contributed by atoms with E-state index in [1.807, 2.05) is 41.3 Å². The first-order valence-electron chi connectivity index (χ1n) is 9.87. The molecule has 2 aliphatic rings. The van der Waals surface area contributed by atoms with Gasteiger partial charge in [0.05, 0.1) is 12.2 Å². The second-order valence-corrected chi connectivity index (χ2v) is 7.39. The highest BCUT2D eigenvalue weighted by atomic mass is 16.7. The number of nitrogens with zero attached hydrogens (tertiary/aromatic N) is 2. The normalized spacial score (nSPS) is 16.7. The number of hydrogen-bond acceptors (Lipinski definition) is 4. The fourth-order valence-corrected chi connectivity index (χ4v) is 3.94. The molecule has 1 amide bonds. The summed E-state index contributed by atoms with van der Waals surface area (Å²) in [6, 6.07) is 11.8. The van der Waals surface area contributed by atoms with Gasteiger partial charge in [-0.05, 0) is 42.7 Å². The van der Waals surface area contributed by atoms with E-state index in [2.05, 4.69) is 4.98 Å². The molecule has 27 heavy (non-hydrogen) atoms. The van der Waals surface area contributed by atoms with Crippen LogP contribution in [0.3, 0.4) is 0 Å². The highest BCUT2D eigenvalue weighted by Gasteiger charge is 2.26. The predicted octanol–water partition coefficient (Wildman–Crippen LogP) is 4.31. The first kappa shape index (κ1) is 17.8. The molecule has 4 rings (SSSR count). The van der Waals surface area contributed by atoms with E-state index in [0.29, 0.717) is 13.1 Å². The molecule has 0 radical (unpaired) electrons. The molecule has 0 spiro atoms. The van der Waals surface area contributed by atoms with E-state index in [9.17, 15) is 4.79 Å². The predicted molar refractivity (Wildman–Crippen MR) is 102 cm³/mol. The maximum absolute atomic E-state index is 13.3. The molecule has 1 fully saturated rings. The second-order valence-electron chi connectivity index (χ2n) is 7.39. The number of carbonyl (C=O) groups excluding carboxylic acids is 1. The molecular weight excluding hydrogens is 340 g/mol. The van der Waals surface area contributed by atoms with Gasteiger partial charge in [0.2, 0.25) is 12.7 Å². The van der Waals surface area contributed by atoms with E-state index < -0.39 is 0 Å². The first-order valence-corrected chi connectivity index (χ1v) is 9.87.